The number of nitrogens with zero attached hydrogens (tertiary/aromatic N) is 3. The van der Waals surface area contributed by atoms with Gasteiger partial charge in [0.1, 0.15) is 0 Å². The molecule has 14 heavy (non-hydrogen) atoms. The lowest BCUT2D eigenvalue weighted by molar-refractivity contribution is 0.647. The third-order valence-corrected chi connectivity index (χ3v) is 2.09. The van der Waals surface area contributed by atoms with Gasteiger partial charge in [0.15, 0.2) is 0 Å². The Balaban J connectivity index is 3.14. The van der Waals surface area contributed by atoms with Crippen LogP contribution in [0, 0.1) is 12.8 Å². The van der Waals surface area contributed by atoms with Crippen LogP contribution in [0.15, 0.2) is 23.3 Å². The Bertz CT molecular complexity index is 363. The summed E-state index contributed by atoms with van der Waals surface area (Å²) in [6.45, 7) is 6.28. The Morgan fingerprint density at radius 1 is 1.43 bits per heavy atom. The number of aryl methyl sites for hydroxylation is 1. The quantitative estimate of drug-likeness (QED) is 0.390. The monoisotopic (exact) mass is 189 g/mol. The lowest BCUT2D eigenvalue weighted by Crippen LogP contribution is -1.95. The topological polar surface area (TPSA) is 48.8 Å². The fourth-order valence-electron chi connectivity index (χ4n) is 1.51. The molecule has 0 amide bonds. The summed E-state index contributed by atoms with van der Waals surface area (Å²) in [5, 5.41) is 3.74. The fraction of sp³-hybridized carbons (Fsp3) is 0.455. The normalized spacial score (nSPS) is 10.0. The Kier molecular flexibility index (Phi) is 3.55. The first-order valence-corrected chi connectivity index (χ1v) is 4.78. The molecule has 0 saturated heterocycles. The van der Waals surface area contributed by atoms with Crippen molar-refractivity contribution in [2.75, 3.05) is 0 Å². The SMILES string of the molecule is Cc1cccc(CC(C)C)c1N=[N+]=[N-]. The van der Waals surface area contributed by atoms with E-state index in [1.54, 1.807) is 0 Å². The highest BCUT2D eigenvalue weighted by Gasteiger charge is 2.05. The molecule has 74 valence electrons. The van der Waals surface area contributed by atoms with Gasteiger partial charge in [0.05, 0.1) is 0 Å². The van der Waals surface area contributed by atoms with E-state index in [0.717, 1.165) is 23.2 Å². The molecule has 0 atom stereocenters. The van der Waals surface area contributed by atoms with Crippen LogP contribution < -0.4 is 0 Å². The maximum Gasteiger partial charge on any atom is 0.0436 e. The average Bonchev–Trinajstić information content (AvgIpc) is 2.10. The van der Waals surface area contributed by atoms with Crippen LogP contribution in [0.3, 0.4) is 0 Å². The highest BCUT2D eigenvalue weighted by molar-refractivity contribution is 5.52. The predicted molar refractivity (Wildman–Crippen MR) is 58.5 cm³/mol. The first-order chi connectivity index (χ1) is 6.65. The van der Waals surface area contributed by atoms with Crippen LogP contribution >= 0.6 is 0 Å². The average molecular weight is 189 g/mol. The smallest absolute Gasteiger partial charge is 0.0436 e. The van der Waals surface area contributed by atoms with Gasteiger partial charge in [0.25, 0.3) is 0 Å². The zero-order valence-electron chi connectivity index (χ0n) is 8.86. The third kappa shape index (κ3) is 2.51. The van der Waals surface area contributed by atoms with Gasteiger partial charge in [-0.2, -0.15) is 0 Å². The van der Waals surface area contributed by atoms with E-state index in [4.69, 9.17) is 5.53 Å². The van der Waals surface area contributed by atoms with E-state index in [0.29, 0.717) is 5.92 Å². The van der Waals surface area contributed by atoms with Crippen molar-refractivity contribution in [3.05, 3.63) is 39.8 Å². The Hall–Kier alpha value is -1.47. The molecule has 0 aromatic heterocycles. The van der Waals surface area contributed by atoms with Gasteiger partial charge in [-0.3, -0.25) is 0 Å². The molecule has 0 radical (unpaired) electrons. The summed E-state index contributed by atoms with van der Waals surface area (Å²) in [5.74, 6) is 0.574. The molecule has 0 N–H and O–H groups in total. The Morgan fingerprint density at radius 2 is 2.14 bits per heavy atom. The molecule has 3 heteroatoms. The van der Waals surface area contributed by atoms with Crippen molar-refractivity contribution in [1.29, 1.82) is 0 Å². The van der Waals surface area contributed by atoms with Crippen LogP contribution in [0.2, 0.25) is 0 Å². The zero-order chi connectivity index (χ0) is 10.6. The lowest BCUT2D eigenvalue weighted by atomic mass is 9.99. The van der Waals surface area contributed by atoms with E-state index in [9.17, 15) is 0 Å². The predicted octanol–water partition coefficient (Wildman–Crippen LogP) is 4.14. The molecule has 0 aliphatic carbocycles. The highest BCUT2D eigenvalue weighted by Crippen LogP contribution is 2.26. The molecule has 3 nitrogen and oxygen atoms in total. The van der Waals surface area contributed by atoms with Gasteiger partial charge in [-0.05, 0) is 35.9 Å². The van der Waals surface area contributed by atoms with Crippen LogP contribution in [-0.4, -0.2) is 0 Å². The number of hydrogen-bond donors (Lipinski definition) is 0. The molecule has 0 bridgehead atoms. The Labute approximate surface area is 84.4 Å². The van der Waals surface area contributed by atoms with Gasteiger partial charge in [-0.1, -0.05) is 37.2 Å². The fourth-order valence-corrected chi connectivity index (χ4v) is 1.51. The van der Waals surface area contributed by atoms with Gasteiger partial charge >= 0.3 is 0 Å². The maximum atomic E-state index is 8.46. The van der Waals surface area contributed by atoms with Crippen molar-refractivity contribution < 1.29 is 0 Å². The van der Waals surface area contributed by atoms with Crippen molar-refractivity contribution >= 4 is 5.69 Å². The molecule has 0 unspecified atom stereocenters. The molecule has 0 fully saturated rings. The van der Waals surface area contributed by atoms with Crippen molar-refractivity contribution in [2.45, 2.75) is 27.2 Å². The van der Waals surface area contributed by atoms with E-state index >= 15 is 0 Å². The molecule has 1 aromatic carbocycles. The summed E-state index contributed by atoms with van der Waals surface area (Å²) < 4.78 is 0. The van der Waals surface area contributed by atoms with Crippen LogP contribution in [-0.2, 0) is 6.42 Å². The van der Waals surface area contributed by atoms with Gasteiger partial charge in [-0.25, -0.2) is 0 Å². The van der Waals surface area contributed by atoms with Gasteiger partial charge in [-0.15, -0.1) is 0 Å². The molecule has 0 heterocycles. The van der Waals surface area contributed by atoms with Gasteiger partial charge < -0.3 is 0 Å². The second-order valence-electron chi connectivity index (χ2n) is 3.87. The summed E-state index contributed by atoms with van der Waals surface area (Å²) in [4.78, 5) is 2.86. The second kappa shape index (κ2) is 4.68. The third-order valence-electron chi connectivity index (χ3n) is 2.09. The lowest BCUT2D eigenvalue weighted by Gasteiger charge is -2.09. The molecule has 0 saturated carbocycles. The standard InChI is InChI=1S/C11H15N3/c1-8(2)7-10-6-4-5-9(3)11(10)13-14-12/h4-6,8H,7H2,1-3H3. The maximum absolute atomic E-state index is 8.46. The van der Waals surface area contributed by atoms with Crippen molar-refractivity contribution in [2.24, 2.45) is 11.0 Å². The Morgan fingerprint density at radius 3 is 2.71 bits per heavy atom. The van der Waals surface area contributed by atoms with Crippen LogP contribution in [0.4, 0.5) is 5.69 Å². The number of benzene rings is 1. The molecule has 0 aliphatic heterocycles. The van der Waals surface area contributed by atoms with Crippen molar-refractivity contribution in [3.63, 3.8) is 0 Å². The number of rotatable bonds is 3. The molecule has 1 rings (SSSR count). The minimum absolute atomic E-state index is 0.574. The minimum atomic E-state index is 0.574. The van der Waals surface area contributed by atoms with Gasteiger partial charge in [0, 0.05) is 10.6 Å². The highest BCUT2D eigenvalue weighted by atomic mass is 15.1. The molecule has 1 aromatic rings. The van der Waals surface area contributed by atoms with Gasteiger partial charge in [0.2, 0.25) is 0 Å². The summed E-state index contributed by atoms with van der Waals surface area (Å²) in [6.07, 6.45) is 0.954. The molecule has 0 aliphatic rings. The first kappa shape index (κ1) is 10.6. The van der Waals surface area contributed by atoms with E-state index < -0.39 is 0 Å². The van der Waals surface area contributed by atoms with Crippen molar-refractivity contribution in [3.8, 4) is 0 Å². The first-order valence-electron chi connectivity index (χ1n) is 4.78. The van der Waals surface area contributed by atoms with E-state index in [1.807, 2.05) is 25.1 Å². The van der Waals surface area contributed by atoms with E-state index in [1.165, 1.54) is 0 Å². The zero-order valence-corrected chi connectivity index (χ0v) is 8.86. The van der Waals surface area contributed by atoms with Crippen molar-refractivity contribution in [1.82, 2.24) is 0 Å². The largest absolute Gasteiger partial charge is 0.0625 e. The molecule has 0 spiro atoms. The minimum Gasteiger partial charge on any atom is -0.0625 e. The molecular weight excluding hydrogens is 174 g/mol. The molecular formula is C11H15N3. The summed E-state index contributed by atoms with van der Waals surface area (Å²) in [7, 11) is 0. The van der Waals surface area contributed by atoms with Crippen LogP contribution in [0.25, 0.3) is 10.4 Å². The summed E-state index contributed by atoms with van der Waals surface area (Å²) >= 11 is 0. The number of azide groups is 1. The van der Waals surface area contributed by atoms with E-state index in [2.05, 4.69) is 23.9 Å². The number of hydrogen-bond acceptors (Lipinski definition) is 1. The summed E-state index contributed by atoms with van der Waals surface area (Å²) in [6, 6.07) is 5.99. The van der Waals surface area contributed by atoms with Crippen LogP contribution in [0.1, 0.15) is 25.0 Å². The second-order valence-corrected chi connectivity index (χ2v) is 3.87. The summed E-state index contributed by atoms with van der Waals surface area (Å²) in [5.41, 5.74) is 11.4. The van der Waals surface area contributed by atoms with E-state index in [-0.39, 0.29) is 0 Å². The van der Waals surface area contributed by atoms with Crippen LogP contribution in [0.5, 0.6) is 0 Å².